The minimum Gasteiger partial charge on any atom is -0.491 e. The zero-order valence-electron chi connectivity index (χ0n) is 17.1. The number of likely N-dealkylation sites (N-methyl/N-ethyl adjacent to an activating group) is 1. The van der Waals surface area contributed by atoms with Crippen molar-refractivity contribution in [3.8, 4) is 5.75 Å². The first-order valence-electron chi connectivity index (χ1n) is 9.12. The SMILES string of the molecule is C=Cn1c(C(=O)N(C)C)cc2cnc(Nc3ccc(OCCN(C)C)cn3)nc21. The lowest BCUT2D eigenvalue weighted by Gasteiger charge is -2.11. The molecule has 0 saturated carbocycles. The van der Waals surface area contributed by atoms with Crippen LogP contribution in [0.4, 0.5) is 11.8 Å². The smallest absolute Gasteiger partial charge is 0.270 e. The van der Waals surface area contributed by atoms with E-state index < -0.39 is 0 Å². The van der Waals surface area contributed by atoms with Crippen molar-refractivity contribution in [2.45, 2.75) is 0 Å². The van der Waals surface area contributed by atoms with Crippen molar-refractivity contribution >= 4 is 34.9 Å². The van der Waals surface area contributed by atoms with Gasteiger partial charge in [0.25, 0.3) is 5.91 Å². The van der Waals surface area contributed by atoms with Crippen LogP contribution in [0.5, 0.6) is 5.75 Å². The van der Waals surface area contributed by atoms with Crippen LogP contribution in [0.25, 0.3) is 17.2 Å². The summed E-state index contributed by atoms with van der Waals surface area (Å²) in [5.41, 5.74) is 1.06. The van der Waals surface area contributed by atoms with Gasteiger partial charge in [-0.15, -0.1) is 0 Å². The zero-order chi connectivity index (χ0) is 21.0. The van der Waals surface area contributed by atoms with Gasteiger partial charge in [-0.2, -0.15) is 4.98 Å². The minimum atomic E-state index is -0.135. The third kappa shape index (κ3) is 4.69. The molecular formula is C20H25N7O2. The number of carbonyl (C=O) groups is 1. The van der Waals surface area contributed by atoms with Crippen LogP contribution in [0.1, 0.15) is 10.5 Å². The van der Waals surface area contributed by atoms with Crippen LogP contribution >= 0.6 is 0 Å². The van der Waals surface area contributed by atoms with Crippen LogP contribution in [0.2, 0.25) is 0 Å². The monoisotopic (exact) mass is 395 g/mol. The Labute approximate surface area is 169 Å². The van der Waals surface area contributed by atoms with Crippen LogP contribution in [-0.2, 0) is 0 Å². The topological polar surface area (TPSA) is 88.4 Å². The van der Waals surface area contributed by atoms with Crippen LogP contribution in [0.15, 0.2) is 37.2 Å². The Bertz CT molecular complexity index is 1010. The third-order valence-electron chi connectivity index (χ3n) is 4.17. The van der Waals surface area contributed by atoms with Crippen molar-refractivity contribution in [1.29, 1.82) is 0 Å². The summed E-state index contributed by atoms with van der Waals surface area (Å²) in [6, 6.07) is 5.39. The van der Waals surface area contributed by atoms with Crippen molar-refractivity contribution in [2.75, 3.05) is 46.7 Å². The van der Waals surface area contributed by atoms with E-state index >= 15 is 0 Å². The number of nitrogens with zero attached hydrogens (tertiary/aromatic N) is 6. The average molecular weight is 395 g/mol. The molecule has 0 aliphatic heterocycles. The molecule has 0 saturated heterocycles. The van der Waals surface area contributed by atoms with E-state index in [2.05, 4.69) is 26.8 Å². The van der Waals surface area contributed by atoms with Crippen molar-refractivity contribution in [2.24, 2.45) is 0 Å². The number of anilines is 2. The van der Waals surface area contributed by atoms with E-state index in [0.29, 0.717) is 35.5 Å². The van der Waals surface area contributed by atoms with Gasteiger partial charge in [0.15, 0.2) is 0 Å². The normalized spacial score (nSPS) is 10.9. The lowest BCUT2D eigenvalue weighted by atomic mass is 10.3. The maximum absolute atomic E-state index is 12.4. The number of hydrogen-bond donors (Lipinski definition) is 1. The van der Waals surface area contributed by atoms with Crippen LogP contribution in [0.3, 0.4) is 0 Å². The molecule has 0 radical (unpaired) electrons. The number of pyridine rings is 1. The molecule has 0 unspecified atom stereocenters. The first kappa shape index (κ1) is 20.3. The molecule has 0 aliphatic carbocycles. The molecule has 152 valence electrons. The molecule has 3 aromatic rings. The Balaban J connectivity index is 1.78. The summed E-state index contributed by atoms with van der Waals surface area (Å²) in [6.07, 6.45) is 4.88. The van der Waals surface area contributed by atoms with Gasteiger partial charge in [-0.1, -0.05) is 6.58 Å². The van der Waals surface area contributed by atoms with Gasteiger partial charge in [0.05, 0.1) is 6.20 Å². The van der Waals surface area contributed by atoms with Crippen LogP contribution in [0, 0.1) is 0 Å². The largest absolute Gasteiger partial charge is 0.491 e. The van der Waals surface area contributed by atoms with Gasteiger partial charge in [0.1, 0.15) is 29.5 Å². The Morgan fingerprint density at radius 3 is 2.66 bits per heavy atom. The molecule has 3 heterocycles. The molecule has 0 fully saturated rings. The fourth-order valence-corrected chi connectivity index (χ4v) is 2.65. The summed E-state index contributed by atoms with van der Waals surface area (Å²) in [6.45, 7) is 5.22. The predicted molar refractivity (Wildman–Crippen MR) is 114 cm³/mol. The van der Waals surface area contributed by atoms with Gasteiger partial charge in [0, 0.05) is 38.4 Å². The van der Waals surface area contributed by atoms with E-state index in [4.69, 9.17) is 4.74 Å². The number of nitrogens with one attached hydrogen (secondary N) is 1. The number of aromatic nitrogens is 4. The van der Waals surface area contributed by atoms with Gasteiger partial charge < -0.3 is 19.9 Å². The molecule has 3 aromatic heterocycles. The van der Waals surface area contributed by atoms with Gasteiger partial charge in [-0.3, -0.25) is 9.36 Å². The molecule has 9 heteroatoms. The predicted octanol–water partition coefficient (Wildman–Crippen LogP) is 2.31. The first-order valence-corrected chi connectivity index (χ1v) is 9.12. The highest BCUT2D eigenvalue weighted by Gasteiger charge is 2.17. The fraction of sp³-hybridized carbons (Fsp3) is 0.300. The number of fused-ring (bicyclic) bond motifs is 1. The van der Waals surface area contributed by atoms with Crippen molar-refractivity contribution < 1.29 is 9.53 Å². The van der Waals surface area contributed by atoms with E-state index in [9.17, 15) is 4.79 Å². The molecule has 1 amide bonds. The molecule has 29 heavy (non-hydrogen) atoms. The lowest BCUT2D eigenvalue weighted by molar-refractivity contribution is 0.0821. The summed E-state index contributed by atoms with van der Waals surface area (Å²) < 4.78 is 7.29. The summed E-state index contributed by atoms with van der Waals surface area (Å²) in [5, 5.41) is 3.82. The second kappa shape index (κ2) is 8.70. The van der Waals surface area contributed by atoms with E-state index in [1.165, 1.54) is 4.90 Å². The Morgan fingerprint density at radius 1 is 1.24 bits per heavy atom. The highest BCUT2D eigenvalue weighted by atomic mass is 16.5. The summed E-state index contributed by atoms with van der Waals surface area (Å²) in [4.78, 5) is 29.1. The molecular weight excluding hydrogens is 370 g/mol. The van der Waals surface area contributed by atoms with Crippen molar-refractivity contribution in [1.82, 2.24) is 29.3 Å². The third-order valence-corrected chi connectivity index (χ3v) is 4.17. The van der Waals surface area contributed by atoms with Gasteiger partial charge in [0.2, 0.25) is 5.95 Å². The standard InChI is InChI=1S/C20H25N7O2/c1-6-27-16(19(28)26(4)5)11-14-12-22-20(24-18(14)27)23-17-8-7-15(13-21-17)29-10-9-25(2)3/h6-8,11-13H,1,9-10H2,2-5H3,(H,21,22,23,24). The van der Waals surface area contributed by atoms with Crippen molar-refractivity contribution in [3.63, 3.8) is 0 Å². The van der Waals surface area contributed by atoms with Gasteiger partial charge >= 0.3 is 0 Å². The molecule has 0 spiro atoms. The molecule has 0 aliphatic rings. The molecule has 1 N–H and O–H groups in total. The maximum Gasteiger partial charge on any atom is 0.270 e. The molecule has 0 bridgehead atoms. The minimum absolute atomic E-state index is 0.135. The van der Waals surface area contributed by atoms with Crippen LogP contribution in [-0.4, -0.2) is 76.6 Å². The quantitative estimate of drug-likeness (QED) is 0.626. The lowest BCUT2D eigenvalue weighted by Crippen LogP contribution is -2.23. The summed E-state index contributed by atoms with van der Waals surface area (Å²) >= 11 is 0. The average Bonchev–Trinajstić information content (AvgIpc) is 3.06. The fourth-order valence-electron chi connectivity index (χ4n) is 2.65. The Hall–Kier alpha value is -3.46. The second-order valence-corrected chi connectivity index (χ2v) is 6.91. The highest BCUT2D eigenvalue weighted by molar-refractivity contribution is 5.98. The number of hydrogen-bond acceptors (Lipinski definition) is 7. The molecule has 0 atom stereocenters. The van der Waals surface area contributed by atoms with E-state index in [1.54, 1.807) is 49.4 Å². The number of carbonyl (C=O) groups excluding carboxylic acids is 1. The number of amides is 1. The van der Waals surface area contributed by atoms with E-state index in [1.807, 2.05) is 25.1 Å². The first-order chi connectivity index (χ1) is 13.9. The van der Waals surface area contributed by atoms with E-state index in [0.717, 1.165) is 11.9 Å². The second-order valence-electron chi connectivity index (χ2n) is 6.91. The maximum atomic E-state index is 12.4. The molecule has 0 aromatic carbocycles. The highest BCUT2D eigenvalue weighted by Crippen LogP contribution is 2.21. The number of ether oxygens (including phenoxy) is 1. The molecule has 3 rings (SSSR count). The van der Waals surface area contributed by atoms with E-state index in [-0.39, 0.29) is 5.91 Å². The van der Waals surface area contributed by atoms with Crippen molar-refractivity contribution in [3.05, 3.63) is 42.9 Å². The molecule has 9 nitrogen and oxygen atoms in total. The summed E-state index contributed by atoms with van der Waals surface area (Å²) in [7, 11) is 7.39. The summed E-state index contributed by atoms with van der Waals surface area (Å²) in [5.74, 6) is 1.52. The Morgan fingerprint density at radius 2 is 2.03 bits per heavy atom. The van der Waals surface area contributed by atoms with Gasteiger partial charge in [-0.25, -0.2) is 9.97 Å². The Kier molecular flexibility index (Phi) is 6.08. The zero-order valence-corrected chi connectivity index (χ0v) is 17.1. The number of rotatable bonds is 8. The van der Waals surface area contributed by atoms with Crippen LogP contribution < -0.4 is 10.1 Å². The van der Waals surface area contributed by atoms with Gasteiger partial charge in [-0.05, 0) is 32.3 Å².